The van der Waals surface area contributed by atoms with Crippen LogP contribution in [0.5, 0.6) is 0 Å². The van der Waals surface area contributed by atoms with Gasteiger partial charge in [0, 0.05) is 16.4 Å². The van der Waals surface area contributed by atoms with Crippen LogP contribution in [0.1, 0.15) is 19.3 Å². The number of hydrogen-bond acceptors (Lipinski definition) is 2. The lowest BCUT2D eigenvalue weighted by molar-refractivity contribution is -0.118. The van der Waals surface area contributed by atoms with Crippen molar-refractivity contribution in [3.05, 3.63) is 33.9 Å². The van der Waals surface area contributed by atoms with Crippen LogP contribution in [0.15, 0.2) is 30.3 Å². The van der Waals surface area contributed by atoms with Crippen LogP contribution in [-0.2, 0) is 9.59 Å². The smallest absolute Gasteiger partial charge is 0.172 e. The predicted octanol–water partition coefficient (Wildman–Crippen LogP) is 2.32. The van der Waals surface area contributed by atoms with E-state index in [0.717, 1.165) is 9.99 Å². The fraction of sp³-hybridized carbons (Fsp3) is 0.250. The fourth-order valence-corrected chi connectivity index (χ4v) is 4.02. The molecule has 2 nitrogen and oxygen atoms in total. The van der Waals surface area contributed by atoms with Crippen molar-refractivity contribution in [2.24, 2.45) is 0 Å². The van der Waals surface area contributed by atoms with Crippen LogP contribution in [0.25, 0.3) is 0 Å². The second-order valence-electron chi connectivity index (χ2n) is 3.40. The van der Waals surface area contributed by atoms with E-state index < -0.39 is 20.7 Å². The fourth-order valence-electron chi connectivity index (χ4n) is 1.48. The van der Waals surface area contributed by atoms with Crippen molar-refractivity contribution < 1.29 is 9.59 Å². The zero-order chi connectivity index (χ0) is 10.7. The third-order valence-corrected chi connectivity index (χ3v) is 5.32. The van der Waals surface area contributed by atoms with Gasteiger partial charge in [-0.1, -0.05) is 38.9 Å². The molecule has 1 aliphatic carbocycles. The first-order chi connectivity index (χ1) is 7.27. The molecule has 2 rings (SSSR count). The van der Waals surface area contributed by atoms with Crippen LogP contribution < -0.4 is 0 Å². The maximum absolute atomic E-state index is 11.6. The molecule has 1 aromatic carbocycles. The van der Waals surface area contributed by atoms with Gasteiger partial charge in [0.15, 0.2) is 11.6 Å². The van der Waals surface area contributed by atoms with Crippen molar-refractivity contribution in [1.82, 2.24) is 0 Å². The number of hydrogen-bond donors (Lipinski definition) is 0. The molecule has 0 atom stereocenters. The molecule has 1 fully saturated rings. The van der Waals surface area contributed by atoms with Crippen molar-refractivity contribution in [1.29, 1.82) is 0 Å². The van der Waals surface area contributed by atoms with Gasteiger partial charge in [-0.25, -0.2) is 0 Å². The van der Waals surface area contributed by atoms with E-state index in [1.807, 2.05) is 30.3 Å². The molecular weight excluding hydrogens is 303 g/mol. The van der Waals surface area contributed by atoms with E-state index in [1.165, 1.54) is 0 Å². The lowest BCUT2D eigenvalue weighted by Gasteiger charge is -2.10. The average molecular weight is 314 g/mol. The van der Waals surface area contributed by atoms with Crippen LogP contribution in [0.2, 0.25) is 0 Å². The highest BCUT2D eigenvalue weighted by atomic mass is 127. The highest BCUT2D eigenvalue weighted by molar-refractivity contribution is 14.2. The Morgan fingerprint density at radius 3 is 2.13 bits per heavy atom. The summed E-state index contributed by atoms with van der Waals surface area (Å²) < 4.78 is 1.75. The number of benzene rings is 1. The summed E-state index contributed by atoms with van der Waals surface area (Å²) in [7, 11) is 0. The zero-order valence-corrected chi connectivity index (χ0v) is 10.4. The molecule has 78 valence electrons. The largest absolute Gasteiger partial charge is 0.294 e. The quantitative estimate of drug-likeness (QED) is 0.746. The van der Waals surface area contributed by atoms with Crippen molar-refractivity contribution >= 4 is 35.8 Å². The lowest BCUT2D eigenvalue weighted by Crippen LogP contribution is -2.26. The van der Waals surface area contributed by atoms with E-state index in [4.69, 9.17) is 0 Å². The van der Waals surface area contributed by atoms with Gasteiger partial charge in [0.1, 0.15) is 0 Å². The second-order valence-corrected chi connectivity index (χ2v) is 6.27. The van der Waals surface area contributed by atoms with Crippen molar-refractivity contribution in [3.63, 3.8) is 0 Å². The number of Topliss-reactive ketones (excluding diaryl/α,β-unsaturated/α-hetero) is 2. The third-order valence-electron chi connectivity index (χ3n) is 2.23. The highest BCUT2D eigenvalue weighted by Crippen LogP contribution is 2.19. The van der Waals surface area contributed by atoms with Crippen LogP contribution in [0, 0.1) is 3.57 Å². The van der Waals surface area contributed by atoms with E-state index in [-0.39, 0.29) is 11.6 Å². The molecule has 0 heterocycles. The molecule has 1 aromatic rings. The monoisotopic (exact) mass is 314 g/mol. The average Bonchev–Trinajstić information content (AvgIpc) is 2.25. The summed E-state index contributed by atoms with van der Waals surface area (Å²) >= 11 is -0.557. The highest BCUT2D eigenvalue weighted by Gasteiger charge is 2.23. The first-order valence-corrected chi connectivity index (χ1v) is 7.06. The van der Waals surface area contributed by atoms with Gasteiger partial charge < -0.3 is 0 Å². The minimum absolute atomic E-state index is 0.0860. The summed E-state index contributed by atoms with van der Waals surface area (Å²) in [5, 5.41) is 0. The van der Waals surface area contributed by atoms with Gasteiger partial charge in [-0.3, -0.25) is 9.59 Å². The molecule has 15 heavy (non-hydrogen) atoms. The normalized spacial score (nSPS) is 16.9. The molecule has 1 aliphatic rings. The minimum Gasteiger partial charge on any atom is -0.294 e. The first kappa shape index (κ1) is 10.7. The molecule has 0 bridgehead atoms. The van der Waals surface area contributed by atoms with Gasteiger partial charge in [-0.2, -0.15) is 0 Å². The molecule has 0 saturated heterocycles. The minimum atomic E-state index is -0.557. The van der Waals surface area contributed by atoms with Crippen LogP contribution in [0.4, 0.5) is 0 Å². The molecule has 0 aliphatic heterocycles. The Kier molecular flexibility index (Phi) is 3.41. The number of carbonyl (C=O) groups excluding carboxylic acids is 2. The van der Waals surface area contributed by atoms with E-state index in [9.17, 15) is 9.59 Å². The van der Waals surface area contributed by atoms with Gasteiger partial charge in [0.05, 0.1) is 3.51 Å². The zero-order valence-electron chi connectivity index (χ0n) is 8.20. The molecule has 0 aromatic heterocycles. The van der Waals surface area contributed by atoms with Gasteiger partial charge >= 0.3 is 0 Å². The maximum atomic E-state index is 11.6. The maximum Gasteiger partial charge on any atom is 0.172 e. The predicted molar refractivity (Wildman–Crippen MR) is 68.0 cm³/mol. The van der Waals surface area contributed by atoms with Crippen LogP contribution >= 0.6 is 20.7 Å². The van der Waals surface area contributed by atoms with E-state index in [0.29, 0.717) is 16.4 Å². The van der Waals surface area contributed by atoms with Crippen LogP contribution in [-0.4, -0.2) is 15.1 Å². The summed E-state index contributed by atoms with van der Waals surface area (Å²) in [6.07, 6.45) is 1.86. The van der Waals surface area contributed by atoms with E-state index in [2.05, 4.69) is 0 Å². The van der Waals surface area contributed by atoms with Gasteiger partial charge in [0.2, 0.25) is 0 Å². The lowest BCUT2D eigenvalue weighted by atomic mass is 9.98. The summed E-state index contributed by atoms with van der Waals surface area (Å²) in [5.74, 6) is 0.172. The SMILES string of the molecule is O=C1CCCC(=O)C1=Ic1ccccc1. The molecular formula is C12H11IO2. The summed E-state index contributed by atoms with van der Waals surface area (Å²) in [6, 6.07) is 9.84. The third kappa shape index (κ3) is 2.59. The Bertz CT molecular complexity index is 403. The summed E-state index contributed by atoms with van der Waals surface area (Å²) in [5.41, 5.74) is 0. The van der Waals surface area contributed by atoms with Gasteiger partial charge in [0.25, 0.3) is 0 Å². The summed E-state index contributed by atoms with van der Waals surface area (Å²) in [6.45, 7) is 0. The molecule has 1 saturated carbocycles. The van der Waals surface area contributed by atoms with Crippen LogP contribution in [0.3, 0.4) is 0 Å². The number of halogens is 1. The van der Waals surface area contributed by atoms with Gasteiger partial charge in [-0.15, -0.1) is 0 Å². The number of carbonyl (C=O) groups is 2. The Hall–Kier alpha value is -0.840. The molecule has 0 radical (unpaired) electrons. The molecule has 0 N–H and O–H groups in total. The number of rotatable bonds is 1. The Morgan fingerprint density at radius 2 is 1.53 bits per heavy atom. The van der Waals surface area contributed by atoms with Gasteiger partial charge in [-0.05, 0) is 18.6 Å². The Morgan fingerprint density at radius 1 is 0.933 bits per heavy atom. The topological polar surface area (TPSA) is 34.1 Å². The van der Waals surface area contributed by atoms with E-state index >= 15 is 0 Å². The molecule has 3 heteroatoms. The number of ketones is 2. The Balaban J connectivity index is 2.32. The van der Waals surface area contributed by atoms with Crippen molar-refractivity contribution in [2.45, 2.75) is 19.3 Å². The Labute approximate surface area is 98.4 Å². The second kappa shape index (κ2) is 4.79. The van der Waals surface area contributed by atoms with E-state index in [1.54, 1.807) is 0 Å². The van der Waals surface area contributed by atoms with Crippen molar-refractivity contribution in [2.75, 3.05) is 0 Å². The standard InChI is InChI=1S/C12H11IO2/c14-10-7-4-8-11(15)12(10)13-9-5-2-1-3-6-9/h1-3,5-6H,4,7-8H2. The molecule has 0 unspecified atom stereocenters. The van der Waals surface area contributed by atoms with Crippen molar-refractivity contribution in [3.8, 4) is 0 Å². The summed E-state index contributed by atoms with van der Waals surface area (Å²) in [4.78, 5) is 23.2. The molecule has 0 amide bonds. The molecule has 0 spiro atoms. The first-order valence-electron chi connectivity index (χ1n) is 4.90.